The number of carbonyl (C=O) groups is 4. The minimum atomic E-state index is -0.760. The van der Waals surface area contributed by atoms with Gasteiger partial charge in [-0.15, -0.1) is 0 Å². The zero-order chi connectivity index (χ0) is 24.6. The number of benzene rings is 3. The van der Waals surface area contributed by atoms with Crippen LogP contribution in [0.2, 0.25) is 0 Å². The van der Waals surface area contributed by atoms with Crippen molar-refractivity contribution in [3.05, 3.63) is 93.5 Å². The Kier molecular flexibility index (Phi) is 6.03. The normalized spacial score (nSPS) is 12.5. The number of rotatable bonds is 5. The molecule has 1 N–H and O–H groups in total. The number of hydrogen-bond donors (Lipinski definition) is 1. The number of ether oxygens (including phenoxy) is 1. The number of fused-ring (bicyclic) bond motifs is 1. The molecule has 0 radical (unpaired) electrons. The van der Waals surface area contributed by atoms with Crippen molar-refractivity contribution in [1.82, 2.24) is 0 Å². The van der Waals surface area contributed by atoms with Gasteiger partial charge in [-0.1, -0.05) is 29.8 Å². The standard InChI is InChI=1S/C27H24N2O5/c1-15-8-11-22(17(3)12-15)28-24(30)14-34-27(33)19-9-10-20-21(13-19)26(32)29(25(20)31)23-7-5-6-16(2)18(23)4/h5-13H,14H2,1-4H3,(H,28,30). The lowest BCUT2D eigenvalue weighted by Gasteiger charge is -2.17. The molecule has 0 fully saturated rings. The molecule has 0 aromatic heterocycles. The minimum absolute atomic E-state index is 0.0852. The van der Waals surface area contributed by atoms with E-state index in [0.717, 1.165) is 27.2 Å². The van der Waals surface area contributed by atoms with Crippen LogP contribution in [0.4, 0.5) is 11.4 Å². The summed E-state index contributed by atoms with van der Waals surface area (Å²) in [5.41, 5.74) is 5.33. The third-order valence-electron chi connectivity index (χ3n) is 5.93. The summed E-state index contributed by atoms with van der Waals surface area (Å²) in [6.45, 7) is 7.10. The number of carbonyl (C=O) groups excluding carboxylic acids is 4. The number of amides is 3. The maximum atomic E-state index is 13.1. The van der Waals surface area contributed by atoms with E-state index in [1.54, 1.807) is 18.2 Å². The first-order valence-electron chi connectivity index (χ1n) is 10.8. The molecule has 0 spiro atoms. The second kappa shape index (κ2) is 8.94. The van der Waals surface area contributed by atoms with Crippen molar-refractivity contribution in [1.29, 1.82) is 0 Å². The van der Waals surface area contributed by atoms with Crippen molar-refractivity contribution in [2.75, 3.05) is 16.8 Å². The maximum absolute atomic E-state index is 13.1. The van der Waals surface area contributed by atoms with Gasteiger partial charge in [0.2, 0.25) is 0 Å². The molecule has 1 aliphatic heterocycles. The minimum Gasteiger partial charge on any atom is -0.452 e. The lowest BCUT2D eigenvalue weighted by Crippen LogP contribution is -2.30. The molecule has 0 aliphatic carbocycles. The van der Waals surface area contributed by atoms with Gasteiger partial charge in [0.1, 0.15) is 0 Å². The van der Waals surface area contributed by atoms with E-state index in [-0.39, 0.29) is 16.7 Å². The average molecular weight is 456 g/mol. The third kappa shape index (κ3) is 4.20. The maximum Gasteiger partial charge on any atom is 0.338 e. The van der Waals surface area contributed by atoms with E-state index in [9.17, 15) is 19.2 Å². The highest BCUT2D eigenvalue weighted by atomic mass is 16.5. The van der Waals surface area contributed by atoms with E-state index in [1.165, 1.54) is 18.2 Å². The zero-order valence-corrected chi connectivity index (χ0v) is 19.4. The van der Waals surface area contributed by atoms with Crippen LogP contribution in [-0.2, 0) is 9.53 Å². The second-order valence-corrected chi connectivity index (χ2v) is 8.37. The Labute approximate surface area is 197 Å². The second-order valence-electron chi connectivity index (χ2n) is 8.37. The fourth-order valence-corrected chi connectivity index (χ4v) is 3.92. The van der Waals surface area contributed by atoms with Crippen LogP contribution in [0.5, 0.6) is 0 Å². The molecule has 3 aromatic carbocycles. The van der Waals surface area contributed by atoms with Crippen molar-refractivity contribution in [3.63, 3.8) is 0 Å². The van der Waals surface area contributed by atoms with E-state index < -0.39 is 30.3 Å². The fourth-order valence-electron chi connectivity index (χ4n) is 3.92. The first-order chi connectivity index (χ1) is 16.2. The molecule has 34 heavy (non-hydrogen) atoms. The van der Waals surface area contributed by atoms with Crippen molar-refractivity contribution in [3.8, 4) is 0 Å². The summed E-state index contributed by atoms with van der Waals surface area (Å²) in [6.07, 6.45) is 0. The van der Waals surface area contributed by atoms with Gasteiger partial charge in [-0.2, -0.15) is 0 Å². The molecule has 172 valence electrons. The molecule has 0 unspecified atom stereocenters. The molecule has 0 bridgehead atoms. The van der Waals surface area contributed by atoms with Gasteiger partial charge in [-0.3, -0.25) is 14.4 Å². The smallest absolute Gasteiger partial charge is 0.338 e. The number of anilines is 2. The summed E-state index contributed by atoms with van der Waals surface area (Å²) in [6, 6.07) is 15.2. The van der Waals surface area contributed by atoms with Crippen molar-refractivity contribution < 1.29 is 23.9 Å². The molecule has 4 rings (SSSR count). The number of aryl methyl sites for hydroxylation is 3. The highest BCUT2D eigenvalue weighted by Crippen LogP contribution is 2.32. The Morgan fingerprint density at radius 1 is 0.853 bits per heavy atom. The molecule has 7 nitrogen and oxygen atoms in total. The van der Waals surface area contributed by atoms with Crippen LogP contribution >= 0.6 is 0 Å². The molecule has 0 atom stereocenters. The van der Waals surface area contributed by atoms with Crippen molar-refractivity contribution in [2.45, 2.75) is 27.7 Å². The van der Waals surface area contributed by atoms with Gasteiger partial charge in [0.25, 0.3) is 17.7 Å². The van der Waals surface area contributed by atoms with Crippen LogP contribution < -0.4 is 10.2 Å². The third-order valence-corrected chi connectivity index (χ3v) is 5.93. The number of hydrogen-bond acceptors (Lipinski definition) is 5. The molecule has 0 saturated heterocycles. The quantitative estimate of drug-likeness (QED) is 0.450. The van der Waals surface area contributed by atoms with Gasteiger partial charge in [0.15, 0.2) is 6.61 Å². The first kappa shape index (κ1) is 22.9. The summed E-state index contributed by atoms with van der Waals surface area (Å²) in [5, 5.41) is 2.71. The lowest BCUT2D eigenvalue weighted by molar-refractivity contribution is -0.119. The zero-order valence-electron chi connectivity index (χ0n) is 19.4. The summed E-state index contributed by atoms with van der Waals surface area (Å²) < 4.78 is 5.13. The van der Waals surface area contributed by atoms with Crippen LogP contribution in [0, 0.1) is 27.7 Å². The van der Waals surface area contributed by atoms with Gasteiger partial charge in [0.05, 0.1) is 22.4 Å². The molecule has 3 aromatic rings. The fraction of sp³-hybridized carbons (Fsp3) is 0.185. The summed E-state index contributed by atoms with van der Waals surface area (Å²) in [5.74, 6) is -2.18. The number of esters is 1. The van der Waals surface area contributed by atoms with Gasteiger partial charge in [-0.25, -0.2) is 9.69 Å². The molecule has 3 amide bonds. The first-order valence-corrected chi connectivity index (χ1v) is 10.8. The predicted molar refractivity (Wildman–Crippen MR) is 128 cm³/mol. The number of nitrogens with one attached hydrogen (secondary N) is 1. The van der Waals surface area contributed by atoms with Gasteiger partial charge >= 0.3 is 5.97 Å². The van der Waals surface area contributed by atoms with E-state index in [0.29, 0.717) is 11.4 Å². The average Bonchev–Trinajstić information content (AvgIpc) is 3.05. The van der Waals surface area contributed by atoms with E-state index in [2.05, 4.69) is 5.32 Å². The predicted octanol–water partition coefficient (Wildman–Crippen LogP) is 4.52. The Morgan fingerprint density at radius 2 is 1.59 bits per heavy atom. The summed E-state index contributed by atoms with van der Waals surface area (Å²) >= 11 is 0. The van der Waals surface area contributed by atoms with Crippen LogP contribution in [-0.4, -0.2) is 30.3 Å². The highest BCUT2D eigenvalue weighted by molar-refractivity contribution is 6.35. The van der Waals surface area contributed by atoms with Gasteiger partial charge < -0.3 is 10.1 Å². The number of nitrogens with zero attached hydrogens (tertiary/aromatic N) is 1. The van der Waals surface area contributed by atoms with E-state index >= 15 is 0 Å². The van der Waals surface area contributed by atoms with Crippen molar-refractivity contribution in [2.24, 2.45) is 0 Å². The summed E-state index contributed by atoms with van der Waals surface area (Å²) in [4.78, 5) is 51.9. The molecule has 0 saturated carbocycles. The topological polar surface area (TPSA) is 92.8 Å². The highest BCUT2D eigenvalue weighted by Gasteiger charge is 2.38. The monoisotopic (exact) mass is 456 g/mol. The van der Waals surface area contributed by atoms with E-state index in [1.807, 2.05) is 45.9 Å². The lowest BCUT2D eigenvalue weighted by atomic mass is 10.1. The number of imide groups is 1. The van der Waals surface area contributed by atoms with Crippen LogP contribution in [0.25, 0.3) is 0 Å². The summed E-state index contributed by atoms with van der Waals surface area (Å²) in [7, 11) is 0. The largest absolute Gasteiger partial charge is 0.452 e. The SMILES string of the molecule is Cc1ccc(NC(=O)COC(=O)c2ccc3c(c2)C(=O)N(c2cccc(C)c2C)C3=O)c(C)c1. The molecule has 7 heteroatoms. The van der Waals surface area contributed by atoms with Crippen LogP contribution in [0.15, 0.2) is 54.6 Å². The Balaban J connectivity index is 1.47. The molecule has 1 aliphatic rings. The molecular weight excluding hydrogens is 432 g/mol. The molecule has 1 heterocycles. The van der Waals surface area contributed by atoms with Gasteiger partial charge in [0, 0.05) is 5.69 Å². The Bertz CT molecular complexity index is 1360. The van der Waals surface area contributed by atoms with Crippen LogP contribution in [0.3, 0.4) is 0 Å². The van der Waals surface area contributed by atoms with E-state index in [4.69, 9.17) is 4.74 Å². The Hall–Kier alpha value is -4.26. The van der Waals surface area contributed by atoms with Gasteiger partial charge in [-0.05, 0) is 74.7 Å². The van der Waals surface area contributed by atoms with Crippen molar-refractivity contribution >= 4 is 35.1 Å². The Morgan fingerprint density at radius 3 is 2.32 bits per heavy atom. The molecular formula is C27H24N2O5. The van der Waals surface area contributed by atoms with Crippen LogP contribution in [0.1, 0.15) is 53.3 Å².